The Labute approximate surface area is 219 Å². The highest BCUT2D eigenvalue weighted by Crippen LogP contribution is 2.34. The van der Waals surface area contributed by atoms with Crippen molar-refractivity contribution < 1.29 is 19.1 Å². The number of carbonyl (C=O) groups excluding carboxylic acids is 2. The minimum atomic E-state index is -0.556. The average molecular weight is 525 g/mol. The maximum absolute atomic E-state index is 13.4. The van der Waals surface area contributed by atoms with E-state index in [1.54, 1.807) is 12.1 Å². The van der Waals surface area contributed by atoms with Crippen molar-refractivity contribution in [2.75, 3.05) is 58.0 Å². The predicted molar refractivity (Wildman–Crippen MR) is 142 cm³/mol. The fourth-order valence-electron chi connectivity index (χ4n) is 4.19. The maximum atomic E-state index is 13.4. The lowest BCUT2D eigenvalue weighted by Crippen LogP contribution is -2.47. The molecule has 1 fully saturated rings. The number of piperazine rings is 1. The van der Waals surface area contributed by atoms with Gasteiger partial charge in [-0.3, -0.25) is 24.3 Å². The third kappa shape index (κ3) is 5.67. The van der Waals surface area contributed by atoms with Crippen LogP contribution in [-0.4, -0.2) is 88.1 Å². The number of ether oxygens (including phenoxy) is 2. The smallest absolute Gasteiger partial charge is 0.263 e. The lowest BCUT2D eigenvalue weighted by Gasteiger charge is -2.32. The number of nitrogens with zero attached hydrogens (tertiary/aromatic N) is 6. The summed E-state index contributed by atoms with van der Waals surface area (Å²) >= 11 is 0. The molecule has 1 aliphatic heterocycles. The van der Waals surface area contributed by atoms with E-state index in [9.17, 15) is 14.4 Å². The number of methoxy groups -OCH3 is 1. The van der Waals surface area contributed by atoms with Gasteiger partial charge in [0.05, 0.1) is 31.1 Å². The zero-order chi connectivity index (χ0) is 27.4. The van der Waals surface area contributed by atoms with Gasteiger partial charge in [0.25, 0.3) is 11.5 Å². The number of benzene rings is 1. The number of nitrogens with one attached hydrogen (secondary N) is 1. The number of amides is 2. The van der Waals surface area contributed by atoms with Crippen LogP contribution in [0.2, 0.25) is 0 Å². The van der Waals surface area contributed by atoms with Crippen LogP contribution >= 0.6 is 0 Å². The van der Waals surface area contributed by atoms with E-state index in [2.05, 4.69) is 25.2 Å². The van der Waals surface area contributed by atoms with Crippen LogP contribution in [0.25, 0.3) is 10.9 Å². The molecule has 202 valence electrons. The molecule has 13 heteroatoms. The van der Waals surface area contributed by atoms with Crippen molar-refractivity contribution in [2.24, 2.45) is 0 Å². The van der Waals surface area contributed by atoms with E-state index >= 15 is 0 Å². The highest BCUT2D eigenvalue weighted by molar-refractivity contribution is 6.03. The van der Waals surface area contributed by atoms with Gasteiger partial charge < -0.3 is 25.0 Å². The highest BCUT2D eigenvalue weighted by Gasteiger charge is 2.22. The van der Waals surface area contributed by atoms with E-state index in [4.69, 9.17) is 15.2 Å². The van der Waals surface area contributed by atoms with Crippen LogP contribution in [0.1, 0.15) is 36.7 Å². The van der Waals surface area contributed by atoms with Crippen LogP contribution in [0, 0.1) is 0 Å². The predicted octanol–water partition coefficient (Wildman–Crippen LogP) is 1.15. The summed E-state index contributed by atoms with van der Waals surface area (Å²) in [6.45, 7) is 6.82. The summed E-state index contributed by atoms with van der Waals surface area (Å²) in [5.41, 5.74) is 5.52. The number of nitrogen functional groups attached to an aromatic ring is 1. The van der Waals surface area contributed by atoms with E-state index in [1.165, 1.54) is 24.1 Å². The summed E-state index contributed by atoms with van der Waals surface area (Å²) in [6, 6.07) is 2.92. The Hall–Kier alpha value is -4.26. The molecule has 13 nitrogen and oxygen atoms in total. The van der Waals surface area contributed by atoms with Crippen LogP contribution in [0.4, 0.5) is 11.9 Å². The minimum absolute atomic E-state index is 0.0208. The van der Waals surface area contributed by atoms with Crippen molar-refractivity contribution >= 4 is 34.6 Å². The number of rotatable bonds is 8. The molecule has 0 unspecified atom stereocenters. The molecule has 0 aliphatic carbocycles. The van der Waals surface area contributed by atoms with Crippen molar-refractivity contribution in [2.45, 2.75) is 26.3 Å². The monoisotopic (exact) mass is 524 g/mol. The van der Waals surface area contributed by atoms with Gasteiger partial charge in [-0.05, 0) is 33.0 Å². The number of carbonyl (C=O) groups is 2. The van der Waals surface area contributed by atoms with Gasteiger partial charge in [-0.25, -0.2) is 15.0 Å². The van der Waals surface area contributed by atoms with Crippen molar-refractivity contribution in [1.29, 1.82) is 0 Å². The zero-order valence-electron chi connectivity index (χ0n) is 21.9. The molecule has 0 spiro atoms. The van der Waals surface area contributed by atoms with Crippen molar-refractivity contribution in [1.82, 2.24) is 29.3 Å². The van der Waals surface area contributed by atoms with Crippen LogP contribution in [0.5, 0.6) is 11.5 Å². The Balaban J connectivity index is 1.60. The van der Waals surface area contributed by atoms with Crippen molar-refractivity contribution in [3.05, 3.63) is 40.4 Å². The van der Waals surface area contributed by atoms with Gasteiger partial charge in [0.1, 0.15) is 5.52 Å². The lowest BCUT2D eigenvalue weighted by molar-refractivity contribution is -0.133. The molecule has 0 saturated carbocycles. The quantitative estimate of drug-likeness (QED) is 0.438. The summed E-state index contributed by atoms with van der Waals surface area (Å²) < 4.78 is 12.8. The van der Waals surface area contributed by atoms with E-state index in [0.717, 1.165) is 13.1 Å². The number of hydrogen-bond donors (Lipinski definition) is 2. The molecule has 3 N–H and O–H groups in total. The molecule has 1 saturated heterocycles. The molecule has 0 bridgehead atoms. The van der Waals surface area contributed by atoms with Crippen molar-refractivity contribution in [3.63, 3.8) is 0 Å². The molecule has 0 atom stereocenters. The molecule has 3 heterocycles. The van der Waals surface area contributed by atoms with Gasteiger partial charge >= 0.3 is 0 Å². The van der Waals surface area contributed by atoms with Gasteiger partial charge in [0.2, 0.25) is 17.8 Å². The Kier molecular flexibility index (Phi) is 8.05. The maximum Gasteiger partial charge on any atom is 0.263 e. The second-order valence-corrected chi connectivity index (χ2v) is 9.26. The second-order valence-electron chi connectivity index (χ2n) is 9.26. The number of fused-ring (bicyclic) bond motifs is 1. The SMILES string of the molecule is COc1c(OCCC(=O)N2CCN(C)CC2)ccc2c(=O)n(C(C)C)c(NC(=O)c3cnc(N)nc3)nc12. The zero-order valence-corrected chi connectivity index (χ0v) is 21.9. The minimum Gasteiger partial charge on any atom is -0.491 e. The standard InChI is InChI=1S/C25H32N8O5/c1-15(2)33-23(36)17-5-6-18(38-12-7-19(34)32-10-8-31(3)9-11-32)21(37-4)20(17)29-25(33)30-22(35)16-13-27-24(26)28-14-16/h5-6,13-15H,7-12H2,1-4H3,(H2,26,27,28)(H,29,30,35). The van der Waals surface area contributed by atoms with Crippen LogP contribution in [-0.2, 0) is 4.79 Å². The third-order valence-corrected chi connectivity index (χ3v) is 6.30. The molecule has 3 aromatic rings. The molecule has 4 rings (SSSR count). The van der Waals surface area contributed by atoms with Crippen molar-refractivity contribution in [3.8, 4) is 11.5 Å². The topological polar surface area (TPSA) is 158 Å². The number of anilines is 2. The van der Waals surface area contributed by atoms with Crippen LogP contribution in [0.15, 0.2) is 29.3 Å². The summed E-state index contributed by atoms with van der Waals surface area (Å²) in [4.78, 5) is 55.1. The number of nitrogens with two attached hydrogens (primary N) is 1. The van der Waals surface area contributed by atoms with Crippen LogP contribution < -0.4 is 26.1 Å². The Bertz CT molecular complexity index is 1380. The molecule has 2 aromatic heterocycles. The molecule has 38 heavy (non-hydrogen) atoms. The molecular formula is C25H32N8O5. The number of hydrogen-bond acceptors (Lipinski definition) is 10. The Morgan fingerprint density at radius 3 is 2.45 bits per heavy atom. The molecule has 1 aromatic carbocycles. The van der Waals surface area contributed by atoms with Gasteiger partial charge in [-0.2, -0.15) is 0 Å². The van der Waals surface area contributed by atoms with E-state index < -0.39 is 5.91 Å². The Morgan fingerprint density at radius 1 is 1.13 bits per heavy atom. The van der Waals surface area contributed by atoms with Gasteiger partial charge in [-0.15, -0.1) is 0 Å². The highest BCUT2D eigenvalue weighted by atomic mass is 16.5. The summed E-state index contributed by atoms with van der Waals surface area (Å²) in [5.74, 6) is 0.0947. The summed E-state index contributed by atoms with van der Waals surface area (Å²) in [7, 11) is 3.47. The molecular weight excluding hydrogens is 492 g/mol. The van der Waals surface area contributed by atoms with E-state index in [0.29, 0.717) is 24.2 Å². The first-order valence-corrected chi connectivity index (χ1v) is 12.3. The third-order valence-electron chi connectivity index (χ3n) is 6.30. The van der Waals surface area contributed by atoms with E-state index in [1.807, 2.05) is 25.8 Å². The first-order valence-electron chi connectivity index (χ1n) is 12.3. The van der Waals surface area contributed by atoms with Crippen LogP contribution in [0.3, 0.4) is 0 Å². The second kappa shape index (κ2) is 11.4. The van der Waals surface area contributed by atoms with E-state index in [-0.39, 0.29) is 59.3 Å². The van der Waals surface area contributed by atoms with Gasteiger partial charge in [-0.1, -0.05) is 0 Å². The normalized spacial score (nSPS) is 14.1. The van der Waals surface area contributed by atoms with Gasteiger partial charge in [0, 0.05) is 44.6 Å². The average Bonchev–Trinajstić information content (AvgIpc) is 2.89. The summed E-state index contributed by atoms with van der Waals surface area (Å²) in [5, 5.41) is 2.97. The lowest BCUT2D eigenvalue weighted by atomic mass is 10.2. The van der Waals surface area contributed by atoms with Gasteiger partial charge in [0.15, 0.2) is 11.5 Å². The fourth-order valence-corrected chi connectivity index (χ4v) is 4.19. The first-order chi connectivity index (χ1) is 18.2. The molecule has 2 amide bonds. The molecule has 1 aliphatic rings. The number of aromatic nitrogens is 4. The summed E-state index contributed by atoms with van der Waals surface area (Å²) in [6.07, 6.45) is 2.78. The largest absolute Gasteiger partial charge is 0.491 e. The first kappa shape index (κ1) is 26.8. The molecule has 0 radical (unpaired) electrons. The number of likely N-dealkylation sites (N-methyl/N-ethyl adjacent to an activating group) is 1. The fraction of sp³-hybridized carbons (Fsp3) is 0.440. The Morgan fingerprint density at radius 2 is 1.82 bits per heavy atom.